The molecule has 0 aromatic rings. The minimum atomic E-state index is -0.120. The highest BCUT2D eigenvalue weighted by molar-refractivity contribution is 5.66. The second-order valence-corrected chi connectivity index (χ2v) is 16.8. The maximum absolute atomic E-state index is 12.0. The summed E-state index contributed by atoms with van der Waals surface area (Å²) >= 11 is 0. The maximum Gasteiger partial charge on any atom is 0.302 e. The number of hydrogen-bond donors (Lipinski definition) is 0. The quantitative estimate of drug-likeness (QED) is 0.166. The summed E-state index contributed by atoms with van der Waals surface area (Å²) in [5.74, 6) is 3.20. The van der Waals surface area contributed by atoms with Crippen LogP contribution in [0.3, 0.4) is 0 Å². The van der Waals surface area contributed by atoms with Gasteiger partial charge in [-0.25, -0.2) is 0 Å². The zero-order valence-electron chi connectivity index (χ0n) is 28.1. The Kier molecular flexibility index (Phi) is 8.41. The molecule has 11 atom stereocenters. The van der Waals surface area contributed by atoms with Crippen LogP contribution in [0.4, 0.5) is 0 Å². The van der Waals surface area contributed by atoms with Crippen LogP contribution in [0.5, 0.6) is 0 Å². The highest BCUT2D eigenvalue weighted by atomic mass is 16.7. The number of rotatable bonds is 8. The molecule has 0 amide bonds. The van der Waals surface area contributed by atoms with Crippen LogP contribution in [0.25, 0.3) is 0 Å². The third-order valence-electron chi connectivity index (χ3n) is 14.8. The summed E-state index contributed by atoms with van der Waals surface area (Å²) in [6.07, 6.45) is 14.6. The monoisotopic (exact) mass is 570 g/mol. The number of carbonyl (C=O) groups is 1. The van der Waals surface area contributed by atoms with Gasteiger partial charge in [0.15, 0.2) is 6.29 Å². The molecule has 0 spiro atoms. The Morgan fingerprint density at radius 2 is 1.61 bits per heavy atom. The van der Waals surface area contributed by atoms with Crippen LogP contribution < -0.4 is 0 Å². The summed E-state index contributed by atoms with van der Waals surface area (Å²) in [6, 6.07) is 0. The fourth-order valence-corrected chi connectivity index (χ4v) is 12.7. The lowest BCUT2D eigenvalue weighted by atomic mass is 9.32. The lowest BCUT2D eigenvalue weighted by Crippen LogP contribution is -2.67. The predicted octanol–water partition coefficient (Wildman–Crippen LogP) is 9.36. The molecule has 5 aliphatic rings. The van der Waals surface area contributed by atoms with E-state index >= 15 is 0 Å². The SMILES string of the molecule is C=C(C)[C@@H]1CC[C@]2(COC(CCC)OC)CC[C@]3(C)C(CCC4[C@@]5(C)CC[C@H](OC(C)=O)C(C)(C)C5CC[C@]43C)C12. The van der Waals surface area contributed by atoms with E-state index < -0.39 is 0 Å². The fourth-order valence-electron chi connectivity index (χ4n) is 12.7. The van der Waals surface area contributed by atoms with E-state index in [1.54, 1.807) is 14.0 Å². The van der Waals surface area contributed by atoms with Gasteiger partial charge in [0, 0.05) is 19.4 Å². The molecular weight excluding hydrogens is 508 g/mol. The Balaban J connectivity index is 1.46. The van der Waals surface area contributed by atoms with E-state index in [0.29, 0.717) is 34.0 Å². The number of hydrogen-bond acceptors (Lipinski definition) is 4. The minimum Gasteiger partial charge on any atom is -0.462 e. The summed E-state index contributed by atoms with van der Waals surface area (Å²) in [5, 5.41) is 0. The van der Waals surface area contributed by atoms with E-state index in [-0.39, 0.29) is 29.2 Å². The van der Waals surface area contributed by atoms with Gasteiger partial charge in [0.05, 0.1) is 6.61 Å². The van der Waals surface area contributed by atoms with E-state index in [4.69, 9.17) is 14.2 Å². The van der Waals surface area contributed by atoms with Crippen LogP contribution in [-0.4, -0.2) is 32.1 Å². The van der Waals surface area contributed by atoms with Crippen molar-refractivity contribution in [2.75, 3.05) is 13.7 Å². The topological polar surface area (TPSA) is 44.8 Å². The van der Waals surface area contributed by atoms with Crippen molar-refractivity contribution in [3.8, 4) is 0 Å². The lowest BCUT2D eigenvalue weighted by Gasteiger charge is -2.73. The molecule has 0 aliphatic heterocycles. The Bertz CT molecular complexity index is 1000. The molecule has 5 fully saturated rings. The van der Waals surface area contributed by atoms with Gasteiger partial charge in [0.1, 0.15) is 6.10 Å². The second kappa shape index (κ2) is 10.9. The molecule has 4 nitrogen and oxygen atoms in total. The van der Waals surface area contributed by atoms with Crippen molar-refractivity contribution < 1.29 is 19.0 Å². The smallest absolute Gasteiger partial charge is 0.302 e. The van der Waals surface area contributed by atoms with Gasteiger partial charge < -0.3 is 14.2 Å². The van der Waals surface area contributed by atoms with Crippen LogP contribution in [0.1, 0.15) is 132 Å². The summed E-state index contributed by atoms with van der Waals surface area (Å²) in [6.45, 7) is 24.4. The predicted molar refractivity (Wildman–Crippen MR) is 166 cm³/mol. The molecular formula is C37H62O4. The number of methoxy groups -OCH3 is 1. The van der Waals surface area contributed by atoms with Crippen LogP contribution in [0, 0.1) is 56.7 Å². The molecule has 0 aromatic carbocycles. The van der Waals surface area contributed by atoms with Crippen LogP contribution >= 0.6 is 0 Å². The molecule has 0 heterocycles. The maximum atomic E-state index is 12.0. The number of allylic oxidation sites excluding steroid dienone is 1. The van der Waals surface area contributed by atoms with Crippen LogP contribution in [0.2, 0.25) is 0 Å². The first kappa shape index (κ1) is 31.6. The first-order valence-corrected chi connectivity index (χ1v) is 17.2. The normalized spacial score (nSPS) is 47.3. The highest BCUT2D eigenvalue weighted by Crippen LogP contribution is 2.77. The number of esters is 1. The first-order chi connectivity index (χ1) is 19.2. The minimum absolute atomic E-state index is 0.0175. The Morgan fingerprint density at radius 3 is 2.24 bits per heavy atom. The van der Waals surface area contributed by atoms with Gasteiger partial charge >= 0.3 is 5.97 Å². The summed E-state index contributed by atoms with van der Waals surface area (Å²) < 4.78 is 18.3. The molecule has 0 saturated heterocycles. The summed E-state index contributed by atoms with van der Waals surface area (Å²) in [7, 11) is 1.80. The van der Waals surface area contributed by atoms with E-state index in [2.05, 4.69) is 55.0 Å². The fraction of sp³-hybridized carbons (Fsp3) is 0.919. The van der Waals surface area contributed by atoms with E-state index in [1.807, 2.05) is 0 Å². The van der Waals surface area contributed by atoms with Gasteiger partial charge in [-0.2, -0.15) is 0 Å². The molecule has 0 aromatic heterocycles. The zero-order valence-corrected chi connectivity index (χ0v) is 28.1. The molecule has 41 heavy (non-hydrogen) atoms. The van der Waals surface area contributed by atoms with Crippen LogP contribution in [0.15, 0.2) is 12.2 Å². The van der Waals surface area contributed by atoms with E-state index in [9.17, 15) is 4.79 Å². The van der Waals surface area contributed by atoms with Crippen molar-refractivity contribution >= 4 is 5.97 Å². The first-order valence-electron chi connectivity index (χ1n) is 17.2. The average Bonchev–Trinajstić information content (AvgIpc) is 3.29. The second-order valence-electron chi connectivity index (χ2n) is 16.8. The summed E-state index contributed by atoms with van der Waals surface area (Å²) in [4.78, 5) is 12.0. The Hall–Kier alpha value is -0.870. The molecule has 0 bridgehead atoms. The Labute approximate surface area is 252 Å². The van der Waals surface area contributed by atoms with E-state index in [1.165, 1.54) is 63.4 Å². The van der Waals surface area contributed by atoms with Gasteiger partial charge in [-0.3, -0.25) is 4.79 Å². The largest absolute Gasteiger partial charge is 0.462 e. The Morgan fingerprint density at radius 1 is 0.878 bits per heavy atom. The van der Waals surface area contributed by atoms with Crippen molar-refractivity contribution in [1.29, 1.82) is 0 Å². The van der Waals surface area contributed by atoms with Crippen molar-refractivity contribution in [1.82, 2.24) is 0 Å². The third-order valence-corrected chi connectivity index (χ3v) is 14.8. The molecule has 0 N–H and O–H groups in total. The van der Waals surface area contributed by atoms with Crippen LogP contribution in [-0.2, 0) is 19.0 Å². The van der Waals surface area contributed by atoms with Gasteiger partial charge in [0.25, 0.3) is 0 Å². The number of carbonyl (C=O) groups excluding carboxylic acids is 1. The standard InChI is InChI=1S/C37H62O4/c1-11-12-31(39-10)40-23-37-20-15-26(24(2)3)32(37)27-13-14-29-34(7)18-17-30(41-25(4)38)33(5,6)28(34)16-19-36(29,9)35(27,8)21-22-37/h26-32H,2,11-23H2,1,3-10H3/t26-,27?,28?,29?,30-,31?,32?,34-,35+,36+,37+/m0/s1. The van der Waals surface area contributed by atoms with E-state index in [0.717, 1.165) is 37.7 Å². The number of ether oxygens (including phenoxy) is 3. The molecule has 5 rings (SSSR count). The van der Waals surface area contributed by atoms with Gasteiger partial charge in [-0.1, -0.05) is 60.1 Å². The van der Waals surface area contributed by atoms with Gasteiger partial charge in [-0.05, 0) is 129 Å². The van der Waals surface area contributed by atoms with Crippen molar-refractivity contribution in [3.63, 3.8) is 0 Å². The van der Waals surface area contributed by atoms with Gasteiger partial charge in [-0.15, -0.1) is 0 Å². The highest BCUT2D eigenvalue weighted by Gasteiger charge is 2.71. The molecule has 5 saturated carbocycles. The van der Waals surface area contributed by atoms with Crippen molar-refractivity contribution in [2.24, 2.45) is 56.7 Å². The molecule has 0 radical (unpaired) electrons. The molecule has 5 aliphatic carbocycles. The van der Waals surface area contributed by atoms with Gasteiger partial charge in [0.2, 0.25) is 0 Å². The zero-order chi connectivity index (χ0) is 30.0. The third kappa shape index (κ3) is 4.70. The summed E-state index contributed by atoms with van der Waals surface area (Å²) in [5.41, 5.74) is 2.63. The number of fused-ring (bicyclic) bond motifs is 7. The van der Waals surface area contributed by atoms with Crippen molar-refractivity contribution in [3.05, 3.63) is 12.2 Å². The molecule has 5 unspecified atom stereocenters. The molecule has 234 valence electrons. The lowest BCUT2D eigenvalue weighted by molar-refractivity contribution is -0.256. The molecule has 4 heteroatoms. The average molecular weight is 571 g/mol. The van der Waals surface area contributed by atoms with Crippen molar-refractivity contribution in [2.45, 2.75) is 145 Å².